The van der Waals surface area contributed by atoms with Gasteiger partial charge < -0.3 is 16.2 Å². The number of carbonyl (C=O) groups excluding carboxylic acids is 1. The van der Waals surface area contributed by atoms with Crippen molar-refractivity contribution in [1.29, 1.82) is 5.41 Å². The molecule has 8 nitrogen and oxygen atoms in total. The van der Waals surface area contributed by atoms with E-state index in [9.17, 15) is 22.4 Å². The third kappa shape index (κ3) is 8.10. The Hall–Kier alpha value is -3.27. The van der Waals surface area contributed by atoms with Crippen LogP contribution in [-0.2, 0) is 25.8 Å². The first-order valence-corrected chi connectivity index (χ1v) is 11.6. The van der Waals surface area contributed by atoms with Crippen molar-refractivity contribution in [1.82, 2.24) is 5.32 Å². The molecule has 0 radical (unpaired) electrons. The maximum Gasteiger partial charge on any atom is 0.305 e. The van der Waals surface area contributed by atoms with E-state index in [0.717, 1.165) is 29.8 Å². The Balaban J connectivity index is 1.87. The second kappa shape index (κ2) is 11.4. The van der Waals surface area contributed by atoms with Crippen molar-refractivity contribution in [2.75, 3.05) is 5.75 Å². The number of aryl methyl sites for hydroxylation is 1. The van der Waals surface area contributed by atoms with Gasteiger partial charge in [0.2, 0.25) is 5.91 Å². The number of hydrogen-bond acceptors (Lipinski definition) is 5. The van der Waals surface area contributed by atoms with Gasteiger partial charge >= 0.3 is 5.97 Å². The summed E-state index contributed by atoms with van der Waals surface area (Å²) in [5.74, 6) is -2.87. The Bertz CT molecular complexity index is 1050. The minimum absolute atomic E-state index is 0.00872. The van der Waals surface area contributed by atoms with E-state index in [1.807, 2.05) is 12.1 Å². The first-order chi connectivity index (χ1) is 15.1. The summed E-state index contributed by atoms with van der Waals surface area (Å²) in [5, 5.41) is 18.9. The molecular weight excluding hydrogens is 437 g/mol. The molecule has 0 saturated heterocycles. The van der Waals surface area contributed by atoms with E-state index >= 15 is 0 Å². The second-order valence-corrected chi connectivity index (χ2v) is 9.45. The summed E-state index contributed by atoms with van der Waals surface area (Å²) in [6, 6.07) is 10.3. The van der Waals surface area contributed by atoms with Crippen LogP contribution in [0.3, 0.4) is 0 Å². The first kappa shape index (κ1) is 25.0. The molecule has 0 aromatic heterocycles. The fourth-order valence-electron chi connectivity index (χ4n) is 3.13. The number of benzene rings is 2. The van der Waals surface area contributed by atoms with E-state index in [1.54, 1.807) is 12.1 Å². The van der Waals surface area contributed by atoms with E-state index < -0.39 is 45.7 Å². The molecule has 32 heavy (non-hydrogen) atoms. The van der Waals surface area contributed by atoms with Crippen LogP contribution in [0.4, 0.5) is 4.39 Å². The molecule has 1 atom stereocenters. The lowest BCUT2D eigenvalue weighted by Crippen LogP contribution is -2.41. The van der Waals surface area contributed by atoms with Gasteiger partial charge in [0.15, 0.2) is 9.84 Å². The fourth-order valence-corrected chi connectivity index (χ4v) is 4.61. The van der Waals surface area contributed by atoms with Gasteiger partial charge in [-0.05, 0) is 49.1 Å². The zero-order valence-corrected chi connectivity index (χ0v) is 18.2. The van der Waals surface area contributed by atoms with Gasteiger partial charge in [-0.1, -0.05) is 24.3 Å². The lowest BCUT2D eigenvalue weighted by atomic mass is 10.0. The number of carboxylic acids is 1. The molecule has 2 rings (SSSR count). The van der Waals surface area contributed by atoms with E-state index in [4.69, 9.17) is 16.2 Å². The van der Waals surface area contributed by atoms with Crippen molar-refractivity contribution in [3.05, 3.63) is 65.5 Å². The van der Waals surface area contributed by atoms with Crippen molar-refractivity contribution in [2.24, 2.45) is 5.73 Å². The van der Waals surface area contributed by atoms with Crippen LogP contribution in [0.15, 0.2) is 53.4 Å². The number of nitrogen functional groups attached to an aromatic ring is 1. The number of hydrogen-bond donors (Lipinski definition) is 4. The van der Waals surface area contributed by atoms with Crippen LogP contribution in [0.2, 0.25) is 0 Å². The predicted octanol–water partition coefficient (Wildman–Crippen LogP) is 2.26. The number of halogens is 1. The first-order valence-electron chi connectivity index (χ1n) is 9.99. The van der Waals surface area contributed by atoms with Crippen molar-refractivity contribution in [3.8, 4) is 0 Å². The number of nitrogens with two attached hydrogens (primary N) is 1. The summed E-state index contributed by atoms with van der Waals surface area (Å²) in [7, 11) is -3.91. The Kier molecular flexibility index (Phi) is 8.89. The van der Waals surface area contributed by atoms with Gasteiger partial charge in [-0.2, -0.15) is 0 Å². The molecular formula is C22H26FN3O5S. The standard InChI is InChI=1S/C22H26FN3O5S/c23-17-9-11-19(12-10-17)32(30,31)14-18(13-21(28)29)26-20(27)4-2-1-3-15-5-7-16(8-6-15)22(24)25/h5-12,18H,1-4,13-14H2,(H3,24,25)(H,26,27)(H,28,29). The number of nitrogens with one attached hydrogen (secondary N) is 2. The third-order valence-electron chi connectivity index (χ3n) is 4.76. The average molecular weight is 464 g/mol. The molecule has 10 heteroatoms. The highest BCUT2D eigenvalue weighted by Crippen LogP contribution is 2.15. The topological polar surface area (TPSA) is 150 Å². The zero-order valence-electron chi connectivity index (χ0n) is 17.4. The van der Waals surface area contributed by atoms with Crippen molar-refractivity contribution < 1.29 is 27.5 Å². The summed E-state index contributed by atoms with van der Waals surface area (Å²) in [5.41, 5.74) is 7.08. The Morgan fingerprint density at radius 2 is 1.69 bits per heavy atom. The van der Waals surface area contributed by atoms with E-state index in [-0.39, 0.29) is 17.2 Å². The monoisotopic (exact) mass is 463 g/mol. The van der Waals surface area contributed by atoms with Crippen LogP contribution in [0.1, 0.15) is 36.8 Å². The number of aliphatic carboxylic acids is 1. The molecule has 0 bridgehead atoms. The summed E-state index contributed by atoms with van der Waals surface area (Å²) in [6.45, 7) is 0. The summed E-state index contributed by atoms with van der Waals surface area (Å²) in [6.07, 6.45) is 1.52. The van der Waals surface area contributed by atoms with Crippen LogP contribution < -0.4 is 11.1 Å². The highest BCUT2D eigenvalue weighted by Gasteiger charge is 2.25. The van der Waals surface area contributed by atoms with Gasteiger partial charge in [-0.3, -0.25) is 15.0 Å². The summed E-state index contributed by atoms with van der Waals surface area (Å²) in [4.78, 5) is 23.2. The number of carbonyl (C=O) groups is 2. The molecule has 2 aromatic rings. The maximum atomic E-state index is 13.0. The normalized spacial score (nSPS) is 12.2. The lowest BCUT2D eigenvalue weighted by molar-refractivity contribution is -0.137. The van der Waals surface area contributed by atoms with Crippen molar-refractivity contribution >= 4 is 27.5 Å². The summed E-state index contributed by atoms with van der Waals surface area (Å²) < 4.78 is 38.1. The van der Waals surface area contributed by atoms with Crippen LogP contribution in [0.5, 0.6) is 0 Å². The number of amides is 1. The minimum atomic E-state index is -3.91. The molecule has 1 unspecified atom stereocenters. The van der Waals surface area contributed by atoms with Gasteiger partial charge in [-0.25, -0.2) is 12.8 Å². The van der Waals surface area contributed by atoms with E-state index in [0.29, 0.717) is 24.8 Å². The SMILES string of the molecule is N=C(N)c1ccc(CCCCC(=O)NC(CC(=O)O)CS(=O)(=O)c2ccc(F)cc2)cc1. The number of sulfone groups is 1. The molecule has 2 aromatic carbocycles. The molecule has 5 N–H and O–H groups in total. The lowest BCUT2D eigenvalue weighted by Gasteiger charge is -2.17. The third-order valence-corrected chi connectivity index (χ3v) is 6.60. The predicted molar refractivity (Wildman–Crippen MR) is 118 cm³/mol. The highest BCUT2D eigenvalue weighted by molar-refractivity contribution is 7.91. The quantitative estimate of drug-likeness (QED) is 0.164. The van der Waals surface area contributed by atoms with Crippen LogP contribution in [0, 0.1) is 11.2 Å². The minimum Gasteiger partial charge on any atom is -0.481 e. The van der Waals surface area contributed by atoms with Gasteiger partial charge in [0.1, 0.15) is 11.7 Å². The number of rotatable bonds is 12. The highest BCUT2D eigenvalue weighted by atomic mass is 32.2. The van der Waals surface area contributed by atoms with Crippen LogP contribution in [0.25, 0.3) is 0 Å². The molecule has 0 saturated carbocycles. The smallest absolute Gasteiger partial charge is 0.305 e. The molecule has 0 fully saturated rings. The van der Waals surface area contributed by atoms with Crippen molar-refractivity contribution in [3.63, 3.8) is 0 Å². The van der Waals surface area contributed by atoms with Gasteiger partial charge in [0.25, 0.3) is 0 Å². The largest absolute Gasteiger partial charge is 0.481 e. The Morgan fingerprint density at radius 1 is 1.06 bits per heavy atom. The van der Waals surface area contributed by atoms with Gasteiger partial charge in [-0.15, -0.1) is 0 Å². The second-order valence-electron chi connectivity index (χ2n) is 7.42. The molecule has 1 amide bonds. The number of unbranched alkanes of at least 4 members (excludes halogenated alkanes) is 1. The molecule has 172 valence electrons. The van der Waals surface area contributed by atoms with Gasteiger partial charge in [0.05, 0.1) is 23.1 Å². The summed E-state index contributed by atoms with van der Waals surface area (Å²) >= 11 is 0. The maximum absolute atomic E-state index is 13.0. The molecule has 0 aliphatic rings. The van der Waals surface area contributed by atoms with E-state index in [2.05, 4.69) is 5.32 Å². The molecule has 0 spiro atoms. The van der Waals surface area contributed by atoms with Crippen LogP contribution >= 0.6 is 0 Å². The van der Waals surface area contributed by atoms with Crippen molar-refractivity contribution in [2.45, 2.75) is 43.0 Å². The van der Waals surface area contributed by atoms with Crippen LogP contribution in [-0.4, -0.2) is 43.0 Å². The van der Waals surface area contributed by atoms with E-state index in [1.165, 1.54) is 0 Å². The number of amidine groups is 1. The Morgan fingerprint density at radius 3 is 2.25 bits per heavy atom. The molecule has 0 heterocycles. The van der Waals surface area contributed by atoms with Gasteiger partial charge in [0, 0.05) is 12.0 Å². The molecule has 0 aliphatic heterocycles. The fraction of sp³-hybridized carbons (Fsp3) is 0.318. The number of carboxylic acid groups (broad SMARTS) is 1. The molecule has 0 aliphatic carbocycles. The zero-order chi connectivity index (χ0) is 23.7. The Labute approximate surface area is 186 Å². The average Bonchev–Trinajstić information content (AvgIpc) is 2.71.